The maximum atomic E-state index is 5.39. The van der Waals surface area contributed by atoms with Crippen molar-refractivity contribution in [3.63, 3.8) is 0 Å². The molecule has 0 aromatic carbocycles. The molecule has 1 atom stereocenters. The first-order chi connectivity index (χ1) is 5.77. The van der Waals surface area contributed by atoms with E-state index in [1.165, 1.54) is 6.42 Å². The third-order valence-corrected chi connectivity index (χ3v) is 2.39. The summed E-state index contributed by atoms with van der Waals surface area (Å²) < 4.78 is 5.39. The number of hydrogen-bond acceptors (Lipinski definition) is 3. The van der Waals surface area contributed by atoms with Crippen LogP contribution in [0, 0.1) is 13.8 Å². The third-order valence-electron chi connectivity index (χ3n) is 2.39. The molecule has 12 heavy (non-hydrogen) atoms. The smallest absolute Gasteiger partial charge is 0.191 e. The van der Waals surface area contributed by atoms with Gasteiger partial charge in [0.1, 0.15) is 5.76 Å². The zero-order valence-corrected chi connectivity index (χ0v) is 7.55. The molecular formula is C9H14N2O. The average molecular weight is 166 g/mol. The van der Waals surface area contributed by atoms with Gasteiger partial charge in [-0.2, -0.15) is 0 Å². The van der Waals surface area contributed by atoms with E-state index in [1.807, 2.05) is 13.8 Å². The van der Waals surface area contributed by atoms with E-state index < -0.39 is 0 Å². The van der Waals surface area contributed by atoms with Crippen LogP contribution >= 0.6 is 0 Å². The molecule has 1 aliphatic rings. The summed E-state index contributed by atoms with van der Waals surface area (Å²) in [5, 5.41) is 3.33. The Morgan fingerprint density at radius 1 is 1.50 bits per heavy atom. The van der Waals surface area contributed by atoms with Crippen molar-refractivity contribution in [3.05, 3.63) is 17.3 Å². The van der Waals surface area contributed by atoms with Crippen LogP contribution in [0.5, 0.6) is 0 Å². The molecule has 1 unspecified atom stereocenters. The topological polar surface area (TPSA) is 38.1 Å². The van der Waals surface area contributed by atoms with E-state index in [9.17, 15) is 0 Å². The Labute approximate surface area is 72.2 Å². The van der Waals surface area contributed by atoms with Crippen LogP contribution in [0.1, 0.15) is 29.7 Å². The van der Waals surface area contributed by atoms with Crippen LogP contribution in [-0.2, 0) is 0 Å². The van der Waals surface area contributed by atoms with Crippen molar-refractivity contribution in [3.8, 4) is 0 Å². The zero-order valence-electron chi connectivity index (χ0n) is 7.55. The van der Waals surface area contributed by atoms with E-state index in [2.05, 4.69) is 10.3 Å². The molecule has 1 saturated heterocycles. The van der Waals surface area contributed by atoms with E-state index in [1.54, 1.807) is 0 Å². The van der Waals surface area contributed by atoms with Crippen LogP contribution in [0.15, 0.2) is 4.42 Å². The Balaban J connectivity index is 2.25. The lowest BCUT2D eigenvalue weighted by atomic mass is 10.0. The minimum absolute atomic E-state index is 0.572. The van der Waals surface area contributed by atoms with E-state index in [-0.39, 0.29) is 0 Å². The van der Waals surface area contributed by atoms with Gasteiger partial charge in [0.15, 0.2) is 5.89 Å². The highest BCUT2D eigenvalue weighted by Gasteiger charge is 2.21. The second-order valence-electron chi connectivity index (χ2n) is 3.36. The lowest BCUT2D eigenvalue weighted by Crippen LogP contribution is -2.08. The minimum atomic E-state index is 0.572. The molecule has 3 nitrogen and oxygen atoms in total. The van der Waals surface area contributed by atoms with Crippen molar-refractivity contribution in [2.75, 3.05) is 13.1 Å². The second kappa shape index (κ2) is 2.90. The van der Waals surface area contributed by atoms with E-state index >= 15 is 0 Å². The molecule has 66 valence electrons. The standard InChI is InChI=1S/C9H14N2O/c1-6-9(11-7(2)12-6)8-3-4-10-5-8/h8,10H,3-5H2,1-2H3. The van der Waals surface area contributed by atoms with E-state index in [0.29, 0.717) is 5.92 Å². The predicted molar refractivity (Wildman–Crippen MR) is 46.2 cm³/mol. The molecule has 3 heteroatoms. The Bertz CT molecular complexity index is 274. The first kappa shape index (κ1) is 7.80. The van der Waals surface area contributed by atoms with Crippen molar-refractivity contribution >= 4 is 0 Å². The zero-order chi connectivity index (χ0) is 8.55. The number of nitrogens with one attached hydrogen (secondary N) is 1. The summed E-state index contributed by atoms with van der Waals surface area (Å²) in [7, 11) is 0. The van der Waals surface area contributed by atoms with Gasteiger partial charge in [0, 0.05) is 19.4 Å². The number of rotatable bonds is 1. The SMILES string of the molecule is Cc1nc(C2CCNC2)c(C)o1. The van der Waals surface area contributed by atoms with E-state index in [0.717, 1.165) is 30.4 Å². The Morgan fingerprint density at radius 3 is 2.83 bits per heavy atom. The summed E-state index contributed by atoms with van der Waals surface area (Å²) in [5.74, 6) is 2.35. The highest BCUT2D eigenvalue weighted by molar-refractivity contribution is 5.15. The average Bonchev–Trinajstić information content (AvgIpc) is 2.58. The van der Waals surface area contributed by atoms with E-state index in [4.69, 9.17) is 4.42 Å². The fourth-order valence-electron chi connectivity index (χ4n) is 1.81. The Kier molecular flexibility index (Phi) is 1.89. The molecule has 1 fully saturated rings. The quantitative estimate of drug-likeness (QED) is 0.684. The van der Waals surface area contributed by atoms with Gasteiger partial charge in [-0.25, -0.2) is 4.98 Å². The summed E-state index contributed by atoms with van der Waals surface area (Å²) in [6, 6.07) is 0. The van der Waals surface area contributed by atoms with Crippen LogP contribution in [-0.4, -0.2) is 18.1 Å². The van der Waals surface area contributed by atoms with Gasteiger partial charge in [-0.1, -0.05) is 0 Å². The van der Waals surface area contributed by atoms with Crippen molar-refractivity contribution < 1.29 is 4.42 Å². The number of hydrogen-bond donors (Lipinski definition) is 1. The normalized spacial score (nSPS) is 23.3. The van der Waals surface area contributed by atoms with Crippen LogP contribution in [0.4, 0.5) is 0 Å². The molecule has 1 aromatic heterocycles. The van der Waals surface area contributed by atoms with Gasteiger partial charge in [-0.3, -0.25) is 0 Å². The van der Waals surface area contributed by atoms with Gasteiger partial charge in [0.2, 0.25) is 0 Å². The molecule has 0 saturated carbocycles. The number of nitrogens with zero attached hydrogens (tertiary/aromatic N) is 1. The Hall–Kier alpha value is -0.830. The molecule has 1 aliphatic heterocycles. The number of aryl methyl sites for hydroxylation is 2. The lowest BCUT2D eigenvalue weighted by Gasteiger charge is -2.02. The molecule has 2 heterocycles. The molecule has 0 spiro atoms. The van der Waals surface area contributed by atoms with Crippen LogP contribution in [0.3, 0.4) is 0 Å². The first-order valence-electron chi connectivity index (χ1n) is 4.42. The fourth-order valence-corrected chi connectivity index (χ4v) is 1.81. The summed E-state index contributed by atoms with van der Waals surface area (Å²) in [5.41, 5.74) is 1.15. The highest BCUT2D eigenvalue weighted by atomic mass is 16.4. The summed E-state index contributed by atoms with van der Waals surface area (Å²) in [4.78, 5) is 4.39. The number of aromatic nitrogens is 1. The molecule has 2 rings (SSSR count). The maximum absolute atomic E-state index is 5.39. The minimum Gasteiger partial charge on any atom is -0.446 e. The maximum Gasteiger partial charge on any atom is 0.191 e. The van der Waals surface area contributed by atoms with Gasteiger partial charge in [0.25, 0.3) is 0 Å². The highest BCUT2D eigenvalue weighted by Crippen LogP contribution is 2.24. The summed E-state index contributed by atoms with van der Waals surface area (Å²) in [6.45, 7) is 6.05. The van der Waals surface area contributed by atoms with Gasteiger partial charge >= 0.3 is 0 Å². The largest absolute Gasteiger partial charge is 0.446 e. The van der Waals surface area contributed by atoms with Gasteiger partial charge in [0.05, 0.1) is 5.69 Å². The van der Waals surface area contributed by atoms with Crippen molar-refractivity contribution in [1.29, 1.82) is 0 Å². The molecule has 1 aromatic rings. The van der Waals surface area contributed by atoms with Crippen molar-refractivity contribution in [2.45, 2.75) is 26.2 Å². The second-order valence-corrected chi connectivity index (χ2v) is 3.36. The first-order valence-corrected chi connectivity index (χ1v) is 4.42. The summed E-state index contributed by atoms with van der Waals surface area (Å²) >= 11 is 0. The third kappa shape index (κ3) is 1.25. The van der Waals surface area contributed by atoms with Crippen molar-refractivity contribution in [1.82, 2.24) is 10.3 Å². The van der Waals surface area contributed by atoms with Crippen LogP contribution < -0.4 is 5.32 Å². The van der Waals surface area contributed by atoms with Crippen molar-refractivity contribution in [2.24, 2.45) is 0 Å². The molecule has 1 N–H and O–H groups in total. The van der Waals surface area contributed by atoms with Gasteiger partial charge < -0.3 is 9.73 Å². The number of oxazole rings is 1. The molecule has 0 aliphatic carbocycles. The summed E-state index contributed by atoms with van der Waals surface area (Å²) in [6.07, 6.45) is 1.19. The molecule has 0 bridgehead atoms. The molecule has 0 amide bonds. The van der Waals surface area contributed by atoms with Gasteiger partial charge in [-0.05, 0) is 19.9 Å². The van der Waals surface area contributed by atoms with Crippen LogP contribution in [0.2, 0.25) is 0 Å². The predicted octanol–water partition coefficient (Wildman–Crippen LogP) is 1.37. The molecular weight excluding hydrogens is 152 g/mol. The lowest BCUT2D eigenvalue weighted by molar-refractivity contribution is 0.491. The van der Waals surface area contributed by atoms with Gasteiger partial charge in [-0.15, -0.1) is 0 Å². The monoisotopic (exact) mass is 166 g/mol. The fraction of sp³-hybridized carbons (Fsp3) is 0.667. The Morgan fingerprint density at radius 2 is 2.33 bits per heavy atom. The molecule has 0 radical (unpaired) electrons. The van der Waals surface area contributed by atoms with Crippen LogP contribution in [0.25, 0.3) is 0 Å².